The molecule has 1 aliphatic heterocycles. The topological polar surface area (TPSA) is 42.8 Å². The summed E-state index contributed by atoms with van der Waals surface area (Å²) in [5.41, 5.74) is 6.80. The molecule has 0 spiro atoms. The van der Waals surface area contributed by atoms with Crippen LogP contribution in [0.4, 0.5) is 22.7 Å². The molecular formula is C66H62N4O2. The molecule has 0 saturated carbocycles. The summed E-state index contributed by atoms with van der Waals surface area (Å²) in [5, 5.41) is 2.05. The van der Waals surface area contributed by atoms with E-state index >= 15 is 0 Å². The second-order valence-corrected chi connectivity index (χ2v) is 21.5. The first-order chi connectivity index (χ1) is 38.7. The van der Waals surface area contributed by atoms with Crippen molar-refractivity contribution in [2.24, 2.45) is 0 Å². The van der Waals surface area contributed by atoms with Crippen molar-refractivity contribution in [1.82, 2.24) is 9.55 Å². The fourth-order valence-corrected chi connectivity index (χ4v) is 9.49. The Morgan fingerprint density at radius 3 is 1.64 bits per heavy atom. The van der Waals surface area contributed by atoms with Crippen LogP contribution >= 0.6 is 0 Å². The Balaban J connectivity index is 1.01. The molecule has 11 rings (SSSR count). The highest BCUT2D eigenvalue weighted by atomic mass is 16.5. The highest BCUT2D eigenvalue weighted by Gasteiger charge is 2.33. The van der Waals surface area contributed by atoms with Crippen LogP contribution in [0.3, 0.4) is 0 Å². The lowest BCUT2D eigenvalue weighted by molar-refractivity contribution is 0.472. The molecule has 0 unspecified atom stereocenters. The van der Waals surface area contributed by atoms with Crippen LogP contribution in [0.2, 0.25) is 0 Å². The van der Waals surface area contributed by atoms with Crippen LogP contribution < -0.4 is 19.3 Å². The molecule has 8 aromatic carbocycles. The largest absolute Gasteiger partial charge is 0.457 e. The predicted octanol–water partition coefficient (Wildman–Crippen LogP) is 18.2. The minimum absolute atomic E-state index is 0.0866. The van der Waals surface area contributed by atoms with E-state index in [9.17, 15) is 5.48 Å². The van der Waals surface area contributed by atoms with Gasteiger partial charge < -0.3 is 19.3 Å². The smallest absolute Gasteiger partial charge is 0.141 e. The number of hydrogen-bond donors (Lipinski definition) is 0. The molecule has 2 aromatic heterocycles. The summed E-state index contributed by atoms with van der Waals surface area (Å²) in [7, 11) is 0. The van der Waals surface area contributed by atoms with E-state index in [0.717, 1.165) is 38.9 Å². The molecule has 0 atom stereocenters. The summed E-state index contributed by atoms with van der Waals surface area (Å²) in [6, 6.07) is 38.5. The minimum Gasteiger partial charge on any atom is -0.457 e. The highest BCUT2D eigenvalue weighted by molar-refractivity contribution is 6.09. The number of para-hydroxylation sites is 3. The van der Waals surface area contributed by atoms with Crippen molar-refractivity contribution in [3.8, 4) is 51.1 Å². The van der Waals surface area contributed by atoms with Crippen LogP contribution in [-0.2, 0) is 16.2 Å². The average Bonchev–Trinajstić information content (AvgIpc) is 4.18. The zero-order valence-corrected chi connectivity index (χ0v) is 42.1. The molecule has 358 valence electrons. The molecular weight excluding hydrogens is 881 g/mol. The SMILES string of the molecule is [2H]c1c([2H])c([2H])c(-c2cc(C(C)(C)C)cc(-c3c([2H])c([2H])c([2H])c([2H])c3[2H])c2N2CN(c3cccc(Oc4ccc5c6ccccc6n(-c6cc(Oc7cc(C(C)(C)C)cc(C(C)(C)C)c7)ccn6)c5c4)c3)c3ccccc32)c([2H])c1[2H]. The van der Waals surface area contributed by atoms with Gasteiger partial charge in [-0.3, -0.25) is 4.57 Å². The standard InChI is InChI=1S/C66H62N4O2/c1-64(2,3)46-35-47(65(4,5)6)37-53(36-46)72-52-33-34-67-62(42-52)70-58-28-17-16-27-54(58)55-32-31-51(41-61(55)70)71-50-26-20-25-49(40-50)68-43-69(60-30-19-18-29-59(60)68)63-56(44-21-12-10-13-22-44)38-48(66(7,8)9)39-57(63)45-23-14-11-15-24-45/h10-42H,43H2,1-9H3/i10D,11D,12D,13D,14D,15D,21D,22D,23D,24D. The van der Waals surface area contributed by atoms with Gasteiger partial charge in [0.05, 0.1) is 41.8 Å². The van der Waals surface area contributed by atoms with Crippen molar-refractivity contribution >= 4 is 44.6 Å². The number of anilines is 4. The lowest BCUT2D eigenvalue weighted by Gasteiger charge is -2.30. The molecule has 0 bridgehead atoms. The molecule has 0 radical (unpaired) electrons. The number of fused-ring (bicyclic) bond motifs is 4. The van der Waals surface area contributed by atoms with E-state index in [-0.39, 0.29) is 39.8 Å². The Kier molecular flexibility index (Phi) is 8.95. The summed E-state index contributed by atoms with van der Waals surface area (Å²) in [6.07, 6.45) is 1.76. The maximum atomic E-state index is 9.29. The third-order valence-electron chi connectivity index (χ3n) is 13.4. The third kappa shape index (κ3) is 8.87. The zero-order valence-electron chi connectivity index (χ0n) is 52.1. The summed E-state index contributed by atoms with van der Waals surface area (Å²) in [5.74, 6) is 3.17. The summed E-state index contributed by atoms with van der Waals surface area (Å²) >= 11 is 0. The van der Waals surface area contributed by atoms with Crippen LogP contribution in [0, 0.1) is 0 Å². The van der Waals surface area contributed by atoms with Crippen molar-refractivity contribution in [1.29, 1.82) is 0 Å². The molecule has 6 heteroatoms. The molecule has 0 aliphatic carbocycles. The fraction of sp³-hybridized carbons (Fsp3) is 0.197. The molecule has 0 saturated heterocycles. The fourth-order valence-electron chi connectivity index (χ4n) is 9.49. The van der Waals surface area contributed by atoms with E-state index in [4.69, 9.17) is 22.7 Å². The Bertz CT molecular complexity index is 4070. The van der Waals surface area contributed by atoms with E-state index < -0.39 is 65.8 Å². The third-order valence-corrected chi connectivity index (χ3v) is 13.4. The van der Waals surface area contributed by atoms with Gasteiger partial charge in [-0.2, -0.15) is 0 Å². The zero-order chi connectivity index (χ0) is 58.6. The van der Waals surface area contributed by atoms with Gasteiger partial charge in [-0.1, -0.05) is 165 Å². The average molecular weight is 953 g/mol. The molecule has 0 fully saturated rings. The Morgan fingerprint density at radius 1 is 0.458 bits per heavy atom. The molecule has 3 heterocycles. The number of rotatable bonds is 9. The Morgan fingerprint density at radius 2 is 1.00 bits per heavy atom. The number of nitrogens with zero attached hydrogens (tertiary/aromatic N) is 4. The summed E-state index contributed by atoms with van der Waals surface area (Å²) < 4.78 is 105. The van der Waals surface area contributed by atoms with Crippen LogP contribution in [0.15, 0.2) is 200 Å². The van der Waals surface area contributed by atoms with Gasteiger partial charge >= 0.3 is 0 Å². The van der Waals surface area contributed by atoms with E-state index in [1.54, 1.807) is 18.3 Å². The number of aromatic nitrogens is 2. The van der Waals surface area contributed by atoms with Crippen LogP contribution in [-0.4, -0.2) is 16.2 Å². The van der Waals surface area contributed by atoms with Gasteiger partial charge in [-0.25, -0.2) is 4.98 Å². The number of ether oxygens (including phenoxy) is 2. The minimum atomic E-state index is -0.618. The van der Waals surface area contributed by atoms with Gasteiger partial charge in [-0.05, 0) is 117 Å². The van der Waals surface area contributed by atoms with Crippen molar-refractivity contribution < 1.29 is 23.2 Å². The second-order valence-electron chi connectivity index (χ2n) is 21.5. The molecule has 10 aromatic rings. The van der Waals surface area contributed by atoms with Gasteiger partial charge in [0.2, 0.25) is 0 Å². The molecule has 0 N–H and O–H groups in total. The van der Waals surface area contributed by atoms with Gasteiger partial charge in [0.25, 0.3) is 0 Å². The predicted molar refractivity (Wildman–Crippen MR) is 301 cm³/mol. The van der Waals surface area contributed by atoms with E-state index in [1.807, 2.05) is 111 Å². The van der Waals surface area contributed by atoms with Gasteiger partial charge in [-0.15, -0.1) is 0 Å². The van der Waals surface area contributed by atoms with Gasteiger partial charge in [0.1, 0.15) is 35.5 Å². The summed E-state index contributed by atoms with van der Waals surface area (Å²) in [4.78, 5) is 8.88. The van der Waals surface area contributed by atoms with E-state index in [0.29, 0.717) is 40.0 Å². The molecule has 72 heavy (non-hydrogen) atoms. The molecule has 1 aliphatic rings. The quantitative estimate of drug-likeness (QED) is 0.144. The molecule has 6 nitrogen and oxygen atoms in total. The Hall–Kier alpha value is -8.09. The summed E-state index contributed by atoms with van der Waals surface area (Å²) in [6.45, 7) is 19.2. The van der Waals surface area contributed by atoms with E-state index in [1.165, 1.54) is 11.1 Å². The lowest BCUT2D eigenvalue weighted by Crippen LogP contribution is -2.25. The number of benzene rings is 8. The molecule has 0 amide bonds. The Labute approximate surface area is 438 Å². The maximum Gasteiger partial charge on any atom is 0.141 e. The van der Waals surface area contributed by atoms with Crippen LogP contribution in [0.25, 0.3) is 49.9 Å². The first kappa shape index (κ1) is 35.9. The van der Waals surface area contributed by atoms with Gasteiger partial charge in [0.15, 0.2) is 0 Å². The number of hydrogen-bond acceptors (Lipinski definition) is 5. The highest BCUT2D eigenvalue weighted by Crippen LogP contribution is 2.52. The van der Waals surface area contributed by atoms with Crippen molar-refractivity contribution in [3.63, 3.8) is 0 Å². The van der Waals surface area contributed by atoms with Crippen molar-refractivity contribution in [2.75, 3.05) is 16.5 Å². The monoisotopic (exact) mass is 953 g/mol. The second kappa shape index (κ2) is 17.9. The van der Waals surface area contributed by atoms with Crippen molar-refractivity contribution in [3.05, 3.63) is 217 Å². The van der Waals surface area contributed by atoms with Crippen LogP contribution in [0.1, 0.15) is 92.7 Å². The first-order valence-corrected chi connectivity index (χ1v) is 24.3. The lowest BCUT2D eigenvalue weighted by atomic mass is 9.80. The number of pyridine rings is 1. The van der Waals surface area contributed by atoms with E-state index in [2.05, 4.69) is 87.4 Å². The van der Waals surface area contributed by atoms with Gasteiger partial charge in [0, 0.05) is 52.0 Å². The normalized spacial score (nSPS) is 14.9. The maximum absolute atomic E-state index is 9.29. The van der Waals surface area contributed by atoms with Crippen LogP contribution in [0.5, 0.6) is 23.0 Å². The van der Waals surface area contributed by atoms with Crippen molar-refractivity contribution in [2.45, 2.75) is 78.6 Å². The first-order valence-electron chi connectivity index (χ1n) is 29.3.